The van der Waals surface area contributed by atoms with Crippen molar-refractivity contribution in [2.75, 3.05) is 24.5 Å². The number of fused-ring (bicyclic) bond motifs is 1. The number of rotatable bonds is 2. The van der Waals surface area contributed by atoms with Gasteiger partial charge < -0.3 is 20.6 Å². The van der Waals surface area contributed by atoms with E-state index in [9.17, 15) is 20.1 Å². The molecule has 1 aliphatic rings. The fourth-order valence-electron chi connectivity index (χ4n) is 3.64. The quantitative estimate of drug-likeness (QED) is 0.539. The van der Waals surface area contributed by atoms with E-state index in [0.29, 0.717) is 34.7 Å². The van der Waals surface area contributed by atoms with E-state index in [1.54, 1.807) is 36.4 Å². The van der Waals surface area contributed by atoms with Crippen molar-refractivity contribution in [3.8, 4) is 17.3 Å². The van der Waals surface area contributed by atoms with Gasteiger partial charge in [0, 0.05) is 31.7 Å². The number of nitrogens with zero attached hydrogens (tertiary/aromatic N) is 4. The molecule has 1 atom stereocenters. The predicted octanol–water partition coefficient (Wildman–Crippen LogP) is 1.58. The van der Waals surface area contributed by atoms with Gasteiger partial charge in [-0.3, -0.25) is 0 Å². The number of hydrogen-bond donors (Lipinski definition) is 1. The molecule has 2 heterocycles. The Morgan fingerprint density at radius 1 is 1.18 bits per heavy atom. The number of aromatic nitrogens is 2. The zero-order valence-electron chi connectivity index (χ0n) is 15.2. The van der Waals surface area contributed by atoms with Crippen LogP contribution in [-0.2, 0) is 0 Å². The lowest BCUT2D eigenvalue weighted by molar-refractivity contribution is -0.622. The third-order valence-electron chi connectivity index (χ3n) is 4.97. The highest BCUT2D eigenvalue weighted by Gasteiger charge is 2.32. The second kappa shape index (κ2) is 6.94. The van der Waals surface area contributed by atoms with Gasteiger partial charge in [-0.1, -0.05) is 18.2 Å². The van der Waals surface area contributed by atoms with E-state index in [0.717, 1.165) is 6.07 Å². The summed E-state index contributed by atoms with van der Waals surface area (Å²) in [6.45, 7) is 3.86. The molecule has 142 valence electrons. The first-order valence-electron chi connectivity index (χ1n) is 8.97. The molecule has 1 fully saturated rings. The first-order valence-corrected chi connectivity index (χ1v) is 8.97. The van der Waals surface area contributed by atoms with Gasteiger partial charge in [0.15, 0.2) is 11.9 Å². The van der Waals surface area contributed by atoms with E-state index in [2.05, 4.69) is 5.32 Å². The van der Waals surface area contributed by atoms with Crippen molar-refractivity contribution in [1.82, 2.24) is 5.32 Å². The zero-order chi connectivity index (χ0) is 19.8. The monoisotopic (exact) mass is 379 g/mol. The Balaban J connectivity index is 1.98. The van der Waals surface area contributed by atoms with Crippen molar-refractivity contribution < 1.29 is 13.9 Å². The summed E-state index contributed by atoms with van der Waals surface area (Å²) in [6, 6.07) is 12.9. The van der Waals surface area contributed by atoms with Crippen LogP contribution in [0.25, 0.3) is 22.3 Å². The van der Waals surface area contributed by atoms with Crippen LogP contribution >= 0.6 is 0 Å². The van der Waals surface area contributed by atoms with Gasteiger partial charge in [-0.25, -0.2) is 4.39 Å². The fraction of sp³-hybridized carbons (Fsp3) is 0.250. The Bertz CT molecular complexity index is 1100. The standard InChI is InChI=1S/C20H18FN5O2/c1-13-12-24(8-7-23-13)16-10-18-17(9-15(16)21)25(27)19(11-22)20(26(18)28)14-5-3-2-4-6-14/h2-6,9-10,13,23H,7-8,12H2,1H3. The first kappa shape index (κ1) is 17.9. The molecule has 0 aliphatic carbocycles. The fourth-order valence-corrected chi connectivity index (χ4v) is 3.64. The highest BCUT2D eigenvalue weighted by molar-refractivity contribution is 5.76. The highest BCUT2D eigenvalue weighted by Crippen LogP contribution is 2.26. The Morgan fingerprint density at radius 3 is 2.57 bits per heavy atom. The summed E-state index contributed by atoms with van der Waals surface area (Å²) in [4.78, 5) is 1.85. The second-order valence-electron chi connectivity index (χ2n) is 6.86. The molecule has 0 amide bonds. The topological polar surface area (TPSA) is 92.9 Å². The normalized spacial score (nSPS) is 16.9. The number of piperazine rings is 1. The van der Waals surface area contributed by atoms with Crippen LogP contribution in [0.15, 0.2) is 42.5 Å². The molecule has 7 nitrogen and oxygen atoms in total. The molecular weight excluding hydrogens is 361 g/mol. The van der Waals surface area contributed by atoms with Gasteiger partial charge in [0.2, 0.25) is 0 Å². The van der Waals surface area contributed by atoms with Crippen molar-refractivity contribution in [2.45, 2.75) is 13.0 Å². The maximum Gasteiger partial charge on any atom is 0.369 e. The van der Waals surface area contributed by atoms with Crippen LogP contribution in [0.5, 0.6) is 0 Å². The van der Waals surface area contributed by atoms with Gasteiger partial charge in [-0.05, 0) is 19.1 Å². The van der Waals surface area contributed by atoms with Gasteiger partial charge in [-0.15, -0.1) is 4.73 Å². The molecule has 0 bridgehead atoms. The van der Waals surface area contributed by atoms with E-state index in [1.807, 2.05) is 11.8 Å². The second-order valence-corrected chi connectivity index (χ2v) is 6.86. The average Bonchev–Trinajstić information content (AvgIpc) is 2.70. The minimum absolute atomic E-state index is 0.0236. The van der Waals surface area contributed by atoms with Gasteiger partial charge in [0.05, 0.1) is 17.3 Å². The summed E-state index contributed by atoms with van der Waals surface area (Å²) in [5.74, 6) is -0.595. The van der Waals surface area contributed by atoms with Crippen LogP contribution in [-0.4, -0.2) is 25.7 Å². The minimum Gasteiger partial charge on any atom is -0.617 e. The van der Waals surface area contributed by atoms with E-state index in [-0.39, 0.29) is 34.2 Å². The number of hydrogen-bond acceptors (Lipinski definition) is 5. The number of nitrogens with one attached hydrogen (secondary N) is 1. The van der Waals surface area contributed by atoms with Gasteiger partial charge in [0.1, 0.15) is 0 Å². The van der Waals surface area contributed by atoms with Crippen molar-refractivity contribution in [2.24, 2.45) is 0 Å². The Kier molecular flexibility index (Phi) is 4.45. The summed E-state index contributed by atoms with van der Waals surface area (Å²) in [5, 5.41) is 38.6. The minimum atomic E-state index is -0.595. The molecule has 2 aromatic carbocycles. The predicted molar refractivity (Wildman–Crippen MR) is 102 cm³/mol. The molecule has 1 saturated heterocycles. The molecule has 3 aromatic rings. The number of benzene rings is 2. The lowest BCUT2D eigenvalue weighted by Crippen LogP contribution is -2.50. The molecule has 4 rings (SSSR count). The molecule has 28 heavy (non-hydrogen) atoms. The molecule has 0 spiro atoms. The van der Waals surface area contributed by atoms with Gasteiger partial charge in [0.25, 0.3) is 11.0 Å². The molecule has 1 aliphatic heterocycles. The molecule has 0 radical (unpaired) electrons. The Morgan fingerprint density at radius 2 is 1.89 bits per heavy atom. The first-order chi connectivity index (χ1) is 13.5. The smallest absolute Gasteiger partial charge is 0.369 e. The highest BCUT2D eigenvalue weighted by atomic mass is 19.1. The number of nitriles is 1. The molecule has 1 N–H and O–H groups in total. The third-order valence-corrected chi connectivity index (χ3v) is 4.97. The Hall–Kier alpha value is -3.44. The molecule has 0 saturated carbocycles. The van der Waals surface area contributed by atoms with Crippen LogP contribution in [0.1, 0.15) is 12.6 Å². The van der Waals surface area contributed by atoms with Crippen molar-refractivity contribution in [3.63, 3.8) is 0 Å². The van der Waals surface area contributed by atoms with Gasteiger partial charge >= 0.3 is 11.4 Å². The summed E-state index contributed by atoms with van der Waals surface area (Å²) >= 11 is 0. The van der Waals surface area contributed by atoms with E-state index in [1.165, 1.54) is 6.07 Å². The third kappa shape index (κ3) is 2.86. The lowest BCUT2D eigenvalue weighted by Gasteiger charge is -2.33. The Labute approximate surface area is 161 Å². The zero-order valence-corrected chi connectivity index (χ0v) is 15.2. The largest absolute Gasteiger partial charge is 0.617 e. The lowest BCUT2D eigenvalue weighted by atomic mass is 10.1. The molecule has 1 unspecified atom stereocenters. The number of anilines is 1. The van der Waals surface area contributed by atoms with E-state index < -0.39 is 5.82 Å². The van der Waals surface area contributed by atoms with Crippen molar-refractivity contribution in [1.29, 1.82) is 5.26 Å². The van der Waals surface area contributed by atoms with Crippen molar-refractivity contribution in [3.05, 3.63) is 64.4 Å². The average molecular weight is 379 g/mol. The molecule has 8 heteroatoms. The van der Waals surface area contributed by atoms with Crippen LogP contribution in [0, 0.1) is 27.6 Å². The van der Waals surface area contributed by atoms with Gasteiger partial charge in [-0.2, -0.15) is 9.99 Å². The summed E-state index contributed by atoms with van der Waals surface area (Å²) in [7, 11) is 0. The molecular formula is C20H18FN5O2. The van der Waals surface area contributed by atoms with Crippen LogP contribution in [0.3, 0.4) is 0 Å². The number of halogens is 1. The van der Waals surface area contributed by atoms with E-state index >= 15 is 0 Å². The van der Waals surface area contributed by atoms with E-state index in [4.69, 9.17) is 0 Å². The SMILES string of the molecule is CC1CN(c2cc3c(cc2F)[n+]([O-])c(C#N)c(-c2ccccc2)[n+]3[O-])CCN1. The summed E-state index contributed by atoms with van der Waals surface area (Å²) < 4.78 is 15.7. The molecule has 1 aromatic heterocycles. The van der Waals surface area contributed by atoms with Crippen LogP contribution in [0.4, 0.5) is 10.1 Å². The maximum atomic E-state index is 14.8. The maximum absolute atomic E-state index is 14.8. The summed E-state index contributed by atoms with van der Waals surface area (Å²) in [5.41, 5.74) is 0.163. The van der Waals surface area contributed by atoms with Crippen LogP contribution < -0.4 is 19.7 Å². The summed E-state index contributed by atoms with van der Waals surface area (Å²) in [6.07, 6.45) is 0. The van der Waals surface area contributed by atoms with Crippen molar-refractivity contribution >= 4 is 16.7 Å². The van der Waals surface area contributed by atoms with Crippen LogP contribution in [0.2, 0.25) is 0 Å².